The predicted octanol–water partition coefficient (Wildman–Crippen LogP) is 2.59. The van der Waals surface area contributed by atoms with Gasteiger partial charge >= 0.3 is 6.03 Å². The Labute approximate surface area is 159 Å². The summed E-state index contributed by atoms with van der Waals surface area (Å²) in [5.41, 5.74) is 3.12. The minimum absolute atomic E-state index is 0.0313. The Morgan fingerprint density at radius 3 is 2.56 bits per heavy atom. The van der Waals surface area contributed by atoms with E-state index < -0.39 is 0 Å². The lowest BCUT2D eigenvalue weighted by Gasteiger charge is -2.26. The summed E-state index contributed by atoms with van der Waals surface area (Å²) in [7, 11) is 0. The molecule has 2 heterocycles. The topological polar surface area (TPSA) is 54.0 Å². The third-order valence-corrected chi connectivity index (χ3v) is 4.98. The lowest BCUT2D eigenvalue weighted by atomic mass is 10.0. The minimum Gasteiger partial charge on any atom is -0.492 e. The second kappa shape index (κ2) is 8.41. The van der Waals surface area contributed by atoms with Crippen molar-refractivity contribution >= 4 is 11.7 Å². The van der Waals surface area contributed by atoms with Gasteiger partial charge in [-0.05, 0) is 35.4 Å². The highest BCUT2D eigenvalue weighted by Crippen LogP contribution is 2.27. The van der Waals surface area contributed by atoms with Crippen LogP contribution in [0.5, 0.6) is 5.75 Å². The number of nitrogens with one attached hydrogen (secondary N) is 1. The van der Waals surface area contributed by atoms with Gasteiger partial charge < -0.3 is 14.8 Å². The Morgan fingerprint density at radius 1 is 1.00 bits per heavy atom. The van der Waals surface area contributed by atoms with Crippen molar-refractivity contribution in [1.29, 1.82) is 0 Å². The van der Waals surface area contributed by atoms with Crippen molar-refractivity contribution in [1.82, 2.24) is 10.2 Å². The Balaban J connectivity index is 1.36. The van der Waals surface area contributed by atoms with Gasteiger partial charge in [0.05, 0.1) is 13.2 Å². The van der Waals surface area contributed by atoms with E-state index in [9.17, 15) is 4.79 Å². The lowest BCUT2D eigenvalue weighted by molar-refractivity contribution is 0.0322. The normalized spacial score (nSPS) is 17.8. The molecule has 2 fully saturated rings. The van der Waals surface area contributed by atoms with Crippen molar-refractivity contribution < 1.29 is 14.3 Å². The van der Waals surface area contributed by atoms with Gasteiger partial charge in [0.1, 0.15) is 12.4 Å². The van der Waals surface area contributed by atoms with Gasteiger partial charge in [-0.1, -0.05) is 24.3 Å². The molecule has 2 aromatic rings. The number of morpholine rings is 1. The van der Waals surface area contributed by atoms with Crippen LogP contribution < -0.4 is 15.0 Å². The van der Waals surface area contributed by atoms with Gasteiger partial charge in [-0.25, -0.2) is 4.79 Å². The molecule has 2 aliphatic rings. The molecule has 142 valence electrons. The summed E-state index contributed by atoms with van der Waals surface area (Å²) in [5.74, 6) is 0.877. The summed E-state index contributed by atoms with van der Waals surface area (Å²) in [6.07, 6.45) is 0. The number of hydrogen-bond acceptors (Lipinski definition) is 4. The quantitative estimate of drug-likeness (QED) is 0.853. The van der Waals surface area contributed by atoms with E-state index >= 15 is 0 Å². The van der Waals surface area contributed by atoms with Gasteiger partial charge in [-0.15, -0.1) is 0 Å². The average molecular weight is 367 g/mol. The van der Waals surface area contributed by atoms with Crippen molar-refractivity contribution in [3.8, 4) is 16.9 Å². The molecule has 2 aliphatic heterocycles. The van der Waals surface area contributed by atoms with Crippen molar-refractivity contribution in [3.63, 3.8) is 0 Å². The first-order chi connectivity index (χ1) is 13.3. The van der Waals surface area contributed by atoms with Crippen LogP contribution in [-0.4, -0.2) is 63.5 Å². The average Bonchev–Trinajstić information content (AvgIpc) is 3.15. The number of amides is 2. The standard InChI is InChI=1S/C21H25N3O3/c25-21-22-8-9-24(21)19-3-1-2-18(16-19)17-4-6-20(7-5-17)27-15-12-23-10-13-26-14-11-23/h1-7,16H,8-15H2,(H,22,25). The zero-order chi connectivity index (χ0) is 18.5. The summed E-state index contributed by atoms with van der Waals surface area (Å²) in [6.45, 7) is 6.59. The molecular weight excluding hydrogens is 342 g/mol. The third-order valence-electron chi connectivity index (χ3n) is 4.98. The maximum atomic E-state index is 11.9. The smallest absolute Gasteiger partial charge is 0.321 e. The van der Waals surface area contributed by atoms with Crippen LogP contribution in [0.3, 0.4) is 0 Å². The first-order valence-corrected chi connectivity index (χ1v) is 9.48. The van der Waals surface area contributed by atoms with Gasteiger partial charge in [0.25, 0.3) is 0 Å². The van der Waals surface area contributed by atoms with E-state index in [1.807, 2.05) is 24.3 Å². The fourth-order valence-electron chi connectivity index (χ4n) is 3.43. The number of rotatable bonds is 6. The van der Waals surface area contributed by atoms with Crippen LogP contribution in [0.15, 0.2) is 48.5 Å². The second-order valence-corrected chi connectivity index (χ2v) is 6.76. The van der Waals surface area contributed by atoms with E-state index in [1.54, 1.807) is 4.90 Å². The minimum atomic E-state index is -0.0313. The van der Waals surface area contributed by atoms with Gasteiger partial charge in [0.2, 0.25) is 0 Å². The van der Waals surface area contributed by atoms with E-state index in [0.717, 1.165) is 55.4 Å². The van der Waals surface area contributed by atoms with Gasteiger partial charge in [-0.3, -0.25) is 9.80 Å². The van der Waals surface area contributed by atoms with Gasteiger partial charge in [0, 0.05) is 38.4 Å². The molecule has 6 heteroatoms. The number of urea groups is 1. The van der Waals surface area contributed by atoms with Crippen LogP contribution in [0, 0.1) is 0 Å². The molecule has 1 N–H and O–H groups in total. The van der Waals surface area contributed by atoms with Crippen molar-refractivity contribution in [2.75, 3.05) is 57.4 Å². The SMILES string of the molecule is O=C1NCCN1c1cccc(-c2ccc(OCCN3CCOCC3)cc2)c1. The molecule has 0 radical (unpaired) electrons. The molecule has 0 atom stereocenters. The summed E-state index contributed by atoms with van der Waals surface area (Å²) in [5, 5.41) is 2.84. The molecule has 27 heavy (non-hydrogen) atoms. The number of hydrogen-bond donors (Lipinski definition) is 1. The molecule has 0 aromatic heterocycles. The molecular formula is C21H25N3O3. The molecule has 0 saturated carbocycles. The van der Waals surface area contributed by atoms with Crippen molar-refractivity contribution in [2.24, 2.45) is 0 Å². The van der Waals surface area contributed by atoms with Crippen molar-refractivity contribution in [2.45, 2.75) is 0 Å². The predicted molar refractivity (Wildman–Crippen MR) is 105 cm³/mol. The first kappa shape index (κ1) is 17.8. The summed E-state index contributed by atoms with van der Waals surface area (Å²) < 4.78 is 11.2. The monoisotopic (exact) mass is 367 g/mol. The van der Waals surface area contributed by atoms with Gasteiger partial charge in [-0.2, -0.15) is 0 Å². The lowest BCUT2D eigenvalue weighted by Crippen LogP contribution is -2.38. The van der Waals surface area contributed by atoms with E-state index in [4.69, 9.17) is 9.47 Å². The molecule has 0 aliphatic carbocycles. The fourth-order valence-corrected chi connectivity index (χ4v) is 3.43. The van der Waals surface area contributed by atoms with Crippen LogP contribution in [0.1, 0.15) is 0 Å². The fraction of sp³-hybridized carbons (Fsp3) is 0.381. The van der Waals surface area contributed by atoms with Gasteiger partial charge in [0.15, 0.2) is 0 Å². The molecule has 6 nitrogen and oxygen atoms in total. The zero-order valence-corrected chi connectivity index (χ0v) is 15.4. The Hall–Kier alpha value is -2.57. The number of carbonyl (C=O) groups is 1. The van der Waals surface area contributed by atoms with E-state index in [1.165, 1.54) is 0 Å². The molecule has 2 aromatic carbocycles. The highest BCUT2D eigenvalue weighted by Gasteiger charge is 2.21. The first-order valence-electron chi connectivity index (χ1n) is 9.48. The Bertz CT molecular complexity index is 772. The van der Waals surface area contributed by atoms with Crippen LogP contribution in [0.4, 0.5) is 10.5 Å². The maximum absolute atomic E-state index is 11.9. The highest BCUT2D eigenvalue weighted by atomic mass is 16.5. The van der Waals surface area contributed by atoms with Crippen LogP contribution in [0.2, 0.25) is 0 Å². The molecule has 0 bridgehead atoms. The molecule has 0 unspecified atom stereocenters. The summed E-state index contributed by atoms with van der Waals surface area (Å²) in [6, 6.07) is 16.2. The molecule has 4 rings (SSSR count). The van der Waals surface area contributed by atoms with Crippen LogP contribution in [0.25, 0.3) is 11.1 Å². The van der Waals surface area contributed by atoms with E-state index in [-0.39, 0.29) is 6.03 Å². The van der Waals surface area contributed by atoms with E-state index in [2.05, 4.69) is 34.5 Å². The summed E-state index contributed by atoms with van der Waals surface area (Å²) in [4.78, 5) is 16.0. The van der Waals surface area contributed by atoms with E-state index in [0.29, 0.717) is 19.7 Å². The number of ether oxygens (including phenoxy) is 2. The molecule has 0 spiro atoms. The number of carbonyl (C=O) groups excluding carboxylic acids is 1. The number of anilines is 1. The summed E-state index contributed by atoms with van der Waals surface area (Å²) >= 11 is 0. The number of benzene rings is 2. The second-order valence-electron chi connectivity index (χ2n) is 6.76. The Kier molecular flexibility index (Phi) is 5.55. The third kappa shape index (κ3) is 4.40. The number of nitrogens with zero attached hydrogens (tertiary/aromatic N) is 2. The maximum Gasteiger partial charge on any atom is 0.321 e. The van der Waals surface area contributed by atoms with Crippen LogP contribution >= 0.6 is 0 Å². The Morgan fingerprint density at radius 2 is 1.81 bits per heavy atom. The molecule has 2 saturated heterocycles. The molecule has 2 amide bonds. The largest absolute Gasteiger partial charge is 0.492 e. The van der Waals surface area contributed by atoms with Crippen molar-refractivity contribution in [3.05, 3.63) is 48.5 Å². The highest BCUT2D eigenvalue weighted by molar-refractivity contribution is 5.94. The van der Waals surface area contributed by atoms with Crippen LogP contribution in [-0.2, 0) is 4.74 Å². The zero-order valence-electron chi connectivity index (χ0n) is 15.4.